The Kier molecular flexibility index (Phi) is 3.84. The highest BCUT2D eigenvalue weighted by atomic mass is 16.4. The third-order valence-corrected chi connectivity index (χ3v) is 4.05. The van der Waals surface area contributed by atoms with E-state index in [0.29, 0.717) is 17.8 Å². The lowest BCUT2D eigenvalue weighted by atomic mass is 9.93. The number of nitrogens with one attached hydrogen (secondary N) is 1. The van der Waals surface area contributed by atoms with Crippen molar-refractivity contribution in [2.45, 2.75) is 39.2 Å². The summed E-state index contributed by atoms with van der Waals surface area (Å²) in [4.78, 5) is 15.0. The number of rotatable bonds is 4. The average Bonchev–Trinajstić information content (AvgIpc) is 2.71. The van der Waals surface area contributed by atoms with E-state index in [0.717, 1.165) is 12.3 Å². The van der Waals surface area contributed by atoms with E-state index in [1.165, 1.54) is 18.9 Å². The van der Waals surface area contributed by atoms with Gasteiger partial charge in [-0.2, -0.15) is 0 Å². The van der Waals surface area contributed by atoms with Crippen LogP contribution in [0.3, 0.4) is 0 Å². The normalized spacial score (nSPS) is 27.1. The molecule has 1 aromatic heterocycles. The van der Waals surface area contributed by atoms with Crippen LogP contribution in [-0.4, -0.2) is 22.1 Å². The third kappa shape index (κ3) is 2.63. The second-order valence-electron chi connectivity index (χ2n) is 5.07. The molecule has 2 rings (SSSR count). The number of aromatic nitrogens is 1. The second kappa shape index (κ2) is 5.38. The van der Waals surface area contributed by atoms with Crippen LogP contribution in [0.1, 0.15) is 43.6 Å². The van der Waals surface area contributed by atoms with E-state index in [4.69, 9.17) is 5.11 Å². The van der Waals surface area contributed by atoms with Crippen LogP contribution in [0.25, 0.3) is 0 Å². The van der Waals surface area contributed by atoms with Crippen molar-refractivity contribution in [3.8, 4) is 0 Å². The number of carboxylic acid groups (broad SMARTS) is 1. The van der Waals surface area contributed by atoms with Crippen molar-refractivity contribution in [3.05, 3.63) is 23.9 Å². The van der Waals surface area contributed by atoms with Gasteiger partial charge in [0.1, 0.15) is 5.82 Å². The maximum atomic E-state index is 10.9. The lowest BCUT2D eigenvalue weighted by Gasteiger charge is -2.21. The summed E-state index contributed by atoms with van der Waals surface area (Å²) in [6.07, 6.45) is 3.59. The summed E-state index contributed by atoms with van der Waals surface area (Å²) in [6, 6.07) is 5.49. The average molecular weight is 248 g/mol. The van der Waals surface area contributed by atoms with Gasteiger partial charge in [-0.1, -0.05) is 26.3 Å². The van der Waals surface area contributed by atoms with Gasteiger partial charge in [0.25, 0.3) is 0 Å². The predicted octanol–water partition coefficient (Wildman–Crippen LogP) is 3.02. The minimum Gasteiger partial charge on any atom is -0.477 e. The molecule has 1 aliphatic rings. The first-order chi connectivity index (χ1) is 8.61. The standard InChI is InChI=1S/C14H20N2O2/c1-3-10-7-8-11(9(10)2)15-13-6-4-5-12(16-13)14(17)18/h4-6,9-11H,3,7-8H2,1-2H3,(H,15,16)(H,17,18). The fourth-order valence-corrected chi connectivity index (χ4v) is 2.85. The summed E-state index contributed by atoms with van der Waals surface area (Å²) in [7, 11) is 0. The minimum absolute atomic E-state index is 0.0951. The number of pyridine rings is 1. The molecule has 2 N–H and O–H groups in total. The van der Waals surface area contributed by atoms with E-state index >= 15 is 0 Å². The zero-order valence-corrected chi connectivity index (χ0v) is 10.9. The largest absolute Gasteiger partial charge is 0.477 e. The Balaban J connectivity index is 2.06. The summed E-state index contributed by atoms with van der Waals surface area (Å²) in [5, 5.41) is 12.3. The second-order valence-corrected chi connectivity index (χ2v) is 5.07. The zero-order chi connectivity index (χ0) is 13.1. The molecule has 1 aromatic rings. The molecule has 4 heteroatoms. The molecule has 1 aliphatic carbocycles. The molecule has 1 saturated carbocycles. The summed E-state index contributed by atoms with van der Waals surface area (Å²) in [5.74, 6) is 1.07. The molecular formula is C14H20N2O2. The van der Waals surface area contributed by atoms with Crippen molar-refractivity contribution in [1.29, 1.82) is 0 Å². The van der Waals surface area contributed by atoms with Crippen LogP contribution in [0.5, 0.6) is 0 Å². The first-order valence-electron chi connectivity index (χ1n) is 6.58. The highest BCUT2D eigenvalue weighted by Gasteiger charge is 2.31. The number of carboxylic acids is 1. The molecular weight excluding hydrogens is 228 g/mol. The summed E-state index contributed by atoms with van der Waals surface area (Å²) >= 11 is 0. The molecule has 0 spiro atoms. The molecule has 98 valence electrons. The number of nitrogens with zero attached hydrogens (tertiary/aromatic N) is 1. The Morgan fingerprint density at radius 1 is 1.50 bits per heavy atom. The van der Waals surface area contributed by atoms with Crippen LogP contribution in [0.15, 0.2) is 18.2 Å². The van der Waals surface area contributed by atoms with Gasteiger partial charge < -0.3 is 10.4 Å². The van der Waals surface area contributed by atoms with Gasteiger partial charge in [-0.25, -0.2) is 9.78 Å². The molecule has 4 nitrogen and oxygen atoms in total. The molecule has 0 aromatic carbocycles. The monoisotopic (exact) mass is 248 g/mol. The van der Waals surface area contributed by atoms with E-state index < -0.39 is 5.97 Å². The number of hydrogen-bond donors (Lipinski definition) is 2. The SMILES string of the molecule is CCC1CCC(Nc2cccc(C(=O)O)n2)C1C. The van der Waals surface area contributed by atoms with Crippen molar-refractivity contribution < 1.29 is 9.90 Å². The molecule has 0 saturated heterocycles. The fourth-order valence-electron chi connectivity index (χ4n) is 2.85. The van der Waals surface area contributed by atoms with Crippen molar-refractivity contribution in [2.75, 3.05) is 5.32 Å². The van der Waals surface area contributed by atoms with Crippen LogP contribution >= 0.6 is 0 Å². The van der Waals surface area contributed by atoms with Gasteiger partial charge in [-0.15, -0.1) is 0 Å². The van der Waals surface area contributed by atoms with Crippen molar-refractivity contribution >= 4 is 11.8 Å². The zero-order valence-electron chi connectivity index (χ0n) is 10.9. The molecule has 3 atom stereocenters. The Morgan fingerprint density at radius 3 is 2.89 bits per heavy atom. The lowest BCUT2D eigenvalue weighted by Crippen LogP contribution is -2.25. The van der Waals surface area contributed by atoms with Crippen LogP contribution in [-0.2, 0) is 0 Å². The molecule has 3 unspecified atom stereocenters. The van der Waals surface area contributed by atoms with Gasteiger partial charge in [0.05, 0.1) is 0 Å². The van der Waals surface area contributed by atoms with Crippen molar-refractivity contribution in [3.63, 3.8) is 0 Å². The van der Waals surface area contributed by atoms with Gasteiger partial charge in [0, 0.05) is 6.04 Å². The van der Waals surface area contributed by atoms with E-state index in [1.807, 2.05) is 6.07 Å². The van der Waals surface area contributed by atoms with E-state index in [-0.39, 0.29) is 5.69 Å². The van der Waals surface area contributed by atoms with Crippen molar-refractivity contribution in [2.24, 2.45) is 11.8 Å². The van der Waals surface area contributed by atoms with E-state index in [2.05, 4.69) is 24.1 Å². The highest BCUT2D eigenvalue weighted by Crippen LogP contribution is 2.35. The third-order valence-electron chi connectivity index (χ3n) is 4.05. The van der Waals surface area contributed by atoms with Gasteiger partial charge >= 0.3 is 5.97 Å². The van der Waals surface area contributed by atoms with Crippen LogP contribution < -0.4 is 5.32 Å². The van der Waals surface area contributed by atoms with Gasteiger partial charge in [0.2, 0.25) is 0 Å². The minimum atomic E-state index is -0.982. The maximum absolute atomic E-state index is 10.9. The lowest BCUT2D eigenvalue weighted by molar-refractivity contribution is 0.0690. The Bertz CT molecular complexity index is 434. The van der Waals surface area contributed by atoms with Gasteiger partial charge in [0.15, 0.2) is 5.69 Å². The fraction of sp³-hybridized carbons (Fsp3) is 0.571. The number of hydrogen-bond acceptors (Lipinski definition) is 3. The molecule has 0 radical (unpaired) electrons. The Labute approximate surface area is 107 Å². The molecule has 0 bridgehead atoms. The van der Waals surface area contributed by atoms with E-state index in [9.17, 15) is 4.79 Å². The number of aromatic carboxylic acids is 1. The molecule has 1 fully saturated rings. The van der Waals surface area contributed by atoms with Gasteiger partial charge in [-0.05, 0) is 36.8 Å². The predicted molar refractivity (Wildman–Crippen MR) is 70.8 cm³/mol. The van der Waals surface area contributed by atoms with Crippen LogP contribution in [0, 0.1) is 11.8 Å². The van der Waals surface area contributed by atoms with Crippen molar-refractivity contribution in [1.82, 2.24) is 4.98 Å². The van der Waals surface area contributed by atoms with E-state index in [1.54, 1.807) is 6.07 Å². The summed E-state index contributed by atoms with van der Waals surface area (Å²) in [6.45, 7) is 4.49. The highest BCUT2D eigenvalue weighted by molar-refractivity contribution is 5.85. The summed E-state index contributed by atoms with van der Waals surface area (Å²) in [5.41, 5.74) is 0.0951. The smallest absolute Gasteiger partial charge is 0.354 e. The van der Waals surface area contributed by atoms with Gasteiger partial charge in [-0.3, -0.25) is 0 Å². The number of carbonyl (C=O) groups is 1. The Hall–Kier alpha value is -1.58. The topological polar surface area (TPSA) is 62.2 Å². The van der Waals surface area contributed by atoms with Crippen LogP contribution in [0.2, 0.25) is 0 Å². The first-order valence-corrected chi connectivity index (χ1v) is 6.58. The van der Waals surface area contributed by atoms with Crippen LogP contribution in [0.4, 0.5) is 5.82 Å². The molecule has 0 amide bonds. The molecule has 18 heavy (non-hydrogen) atoms. The summed E-state index contributed by atoms with van der Waals surface area (Å²) < 4.78 is 0. The molecule has 0 aliphatic heterocycles. The maximum Gasteiger partial charge on any atom is 0.354 e. The molecule has 1 heterocycles. The first kappa shape index (κ1) is 12.9. The Morgan fingerprint density at radius 2 is 2.28 bits per heavy atom. The number of anilines is 1. The quantitative estimate of drug-likeness (QED) is 0.859.